The molecule has 0 spiro atoms. The van der Waals surface area contributed by atoms with Crippen LogP contribution in [0, 0.1) is 6.92 Å². The Kier molecular flexibility index (Phi) is 3.65. The molecule has 1 heterocycles. The Morgan fingerprint density at radius 2 is 2.30 bits per heavy atom. The summed E-state index contributed by atoms with van der Waals surface area (Å²) in [4.78, 5) is 16.8. The number of rotatable bonds is 4. The number of nitrogens with zero attached hydrogens (tertiary/aromatic N) is 1. The predicted octanol–water partition coefficient (Wildman–Crippen LogP) is 3.56. The summed E-state index contributed by atoms with van der Waals surface area (Å²) in [6.45, 7) is 2.48. The molecule has 0 saturated heterocycles. The van der Waals surface area contributed by atoms with Gasteiger partial charge in [-0.05, 0) is 37.5 Å². The van der Waals surface area contributed by atoms with Crippen molar-refractivity contribution in [3.8, 4) is 0 Å². The molecule has 1 saturated carbocycles. The highest BCUT2D eigenvalue weighted by Gasteiger charge is 2.51. The first-order chi connectivity index (χ1) is 9.60. The molecule has 1 amide bonds. The Morgan fingerprint density at radius 3 is 2.90 bits per heavy atom. The Hall–Kier alpha value is -1.20. The van der Waals surface area contributed by atoms with Crippen LogP contribution >= 0.6 is 27.3 Å². The van der Waals surface area contributed by atoms with E-state index in [1.165, 1.54) is 0 Å². The predicted molar refractivity (Wildman–Crippen MR) is 83.8 cm³/mol. The van der Waals surface area contributed by atoms with Crippen molar-refractivity contribution < 1.29 is 4.79 Å². The van der Waals surface area contributed by atoms with Crippen LogP contribution in [0.1, 0.15) is 29.1 Å². The van der Waals surface area contributed by atoms with E-state index in [-0.39, 0.29) is 11.3 Å². The number of hydrogen-bond acceptors (Lipinski definition) is 3. The van der Waals surface area contributed by atoms with Gasteiger partial charge in [0.25, 0.3) is 0 Å². The molecule has 104 valence electrons. The highest BCUT2D eigenvalue weighted by molar-refractivity contribution is 9.10. The van der Waals surface area contributed by atoms with E-state index in [4.69, 9.17) is 0 Å². The molecular weight excluding hydrogens is 336 g/mol. The molecule has 1 aliphatic rings. The molecule has 5 heteroatoms. The van der Waals surface area contributed by atoms with Gasteiger partial charge in [-0.1, -0.05) is 28.1 Å². The number of halogens is 1. The van der Waals surface area contributed by atoms with Gasteiger partial charge in [-0.15, -0.1) is 11.3 Å². The van der Waals surface area contributed by atoms with Crippen LogP contribution in [0.2, 0.25) is 0 Å². The molecule has 3 nitrogen and oxygen atoms in total. The molecule has 1 fully saturated rings. The minimum absolute atomic E-state index is 0.114. The zero-order valence-electron chi connectivity index (χ0n) is 11.1. The molecular formula is C15H15BrN2OS. The molecule has 1 N–H and O–H groups in total. The number of aryl methyl sites for hydroxylation is 1. The summed E-state index contributed by atoms with van der Waals surface area (Å²) in [5, 5.41) is 5.99. The summed E-state index contributed by atoms with van der Waals surface area (Å²) in [5.41, 5.74) is 1.78. The van der Waals surface area contributed by atoms with E-state index in [0.29, 0.717) is 6.54 Å². The zero-order valence-corrected chi connectivity index (χ0v) is 13.6. The van der Waals surface area contributed by atoms with E-state index in [0.717, 1.165) is 33.6 Å². The fraction of sp³-hybridized carbons (Fsp3) is 0.333. The van der Waals surface area contributed by atoms with Crippen molar-refractivity contribution in [3.63, 3.8) is 0 Å². The average molecular weight is 351 g/mol. The van der Waals surface area contributed by atoms with Crippen LogP contribution in [0.25, 0.3) is 0 Å². The Morgan fingerprint density at radius 1 is 1.50 bits per heavy atom. The Bertz CT molecular complexity index is 649. The van der Waals surface area contributed by atoms with Crippen molar-refractivity contribution in [2.24, 2.45) is 0 Å². The first-order valence-electron chi connectivity index (χ1n) is 6.55. The number of amides is 1. The third-order valence-corrected chi connectivity index (χ3v) is 5.09. The van der Waals surface area contributed by atoms with Crippen LogP contribution in [0.3, 0.4) is 0 Å². The van der Waals surface area contributed by atoms with Gasteiger partial charge in [0.05, 0.1) is 12.0 Å². The van der Waals surface area contributed by atoms with E-state index in [9.17, 15) is 4.79 Å². The van der Waals surface area contributed by atoms with Crippen LogP contribution in [0.4, 0.5) is 0 Å². The molecule has 0 aliphatic heterocycles. The number of carbonyl (C=O) groups is 1. The standard InChI is InChI=1S/C15H15BrN2OS/c1-10-9-20-13(18-10)8-17-14(19)15(5-6-15)11-3-2-4-12(16)7-11/h2-4,7,9H,5-6,8H2,1H3,(H,17,19). The molecule has 1 aromatic carbocycles. The van der Waals surface area contributed by atoms with Crippen LogP contribution < -0.4 is 5.32 Å². The van der Waals surface area contributed by atoms with Gasteiger partial charge in [0.2, 0.25) is 5.91 Å². The second-order valence-electron chi connectivity index (χ2n) is 5.16. The maximum absolute atomic E-state index is 12.5. The van der Waals surface area contributed by atoms with Crippen molar-refractivity contribution in [2.45, 2.75) is 31.7 Å². The first kappa shape index (κ1) is 13.8. The number of thiazole rings is 1. The van der Waals surface area contributed by atoms with Gasteiger partial charge >= 0.3 is 0 Å². The number of carbonyl (C=O) groups excluding carboxylic acids is 1. The monoisotopic (exact) mass is 350 g/mol. The largest absolute Gasteiger partial charge is 0.349 e. The maximum atomic E-state index is 12.5. The Labute approximate surface area is 130 Å². The van der Waals surface area contributed by atoms with Gasteiger partial charge in [0, 0.05) is 15.5 Å². The van der Waals surface area contributed by atoms with Crippen molar-refractivity contribution in [1.29, 1.82) is 0 Å². The lowest BCUT2D eigenvalue weighted by Gasteiger charge is -2.15. The maximum Gasteiger partial charge on any atom is 0.231 e. The van der Waals surface area contributed by atoms with E-state index in [1.807, 2.05) is 36.6 Å². The topological polar surface area (TPSA) is 42.0 Å². The van der Waals surface area contributed by atoms with Crippen molar-refractivity contribution in [2.75, 3.05) is 0 Å². The molecule has 0 unspecified atom stereocenters. The van der Waals surface area contributed by atoms with E-state index >= 15 is 0 Å². The lowest BCUT2D eigenvalue weighted by molar-refractivity contribution is -0.123. The minimum Gasteiger partial charge on any atom is -0.349 e. The highest BCUT2D eigenvalue weighted by Crippen LogP contribution is 2.48. The van der Waals surface area contributed by atoms with Gasteiger partial charge in [0.15, 0.2) is 0 Å². The van der Waals surface area contributed by atoms with Crippen LogP contribution in [-0.4, -0.2) is 10.9 Å². The first-order valence-corrected chi connectivity index (χ1v) is 8.23. The van der Waals surface area contributed by atoms with E-state index in [1.54, 1.807) is 11.3 Å². The highest BCUT2D eigenvalue weighted by atomic mass is 79.9. The van der Waals surface area contributed by atoms with Gasteiger partial charge in [0.1, 0.15) is 5.01 Å². The SMILES string of the molecule is Cc1csc(CNC(=O)C2(c3cccc(Br)c3)CC2)n1. The molecule has 20 heavy (non-hydrogen) atoms. The van der Waals surface area contributed by atoms with Crippen LogP contribution in [0.15, 0.2) is 34.1 Å². The summed E-state index contributed by atoms with van der Waals surface area (Å²) in [7, 11) is 0. The smallest absolute Gasteiger partial charge is 0.231 e. The third kappa shape index (κ3) is 2.65. The third-order valence-electron chi connectivity index (χ3n) is 3.63. The van der Waals surface area contributed by atoms with Crippen LogP contribution in [0.5, 0.6) is 0 Å². The summed E-state index contributed by atoms with van der Waals surface area (Å²) in [5.74, 6) is 0.114. The van der Waals surface area contributed by atoms with Crippen molar-refractivity contribution in [3.05, 3.63) is 50.4 Å². The molecule has 1 aromatic heterocycles. The lowest BCUT2D eigenvalue weighted by Crippen LogP contribution is -2.34. The van der Waals surface area contributed by atoms with E-state index < -0.39 is 0 Å². The van der Waals surface area contributed by atoms with Crippen molar-refractivity contribution in [1.82, 2.24) is 10.3 Å². The molecule has 0 bridgehead atoms. The summed E-state index contributed by atoms with van der Waals surface area (Å²) in [6, 6.07) is 8.04. The fourth-order valence-corrected chi connectivity index (χ4v) is 3.48. The minimum atomic E-state index is -0.323. The molecule has 3 rings (SSSR count). The van der Waals surface area contributed by atoms with Gasteiger partial charge in [-0.3, -0.25) is 4.79 Å². The number of aromatic nitrogens is 1. The molecule has 1 aliphatic carbocycles. The fourth-order valence-electron chi connectivity index (χ4n) is 2.37. The van der Waals surface area contributed by atoms with Gasteiger partial charge < -0.3 is 5.32 Å². The number of benzene rings is 1. The summed E-state index contributed by atoms with van der Waals surface area (Å²) < 4.78 is 1.02. The second kappa shape index (κ2) is 5.30. The Balaban J connectivity index is 1.70. The summed E-state index contributed by atoms with van der Waals surface area (Å²) >= 11 is 5.06. The molecule has 0 atom stereocenters. The lowest BCUT2D eigenvalue weighted by atomic mass is 9.95. The van der Waals surface area contributed by atoms with Crippen LogP contribution in [-0.2, 0) is 16.8 Å². The van der Waals surface area contributed by atoms with Crippen molar-refractivity contribution >= 4 is 33.2 Å². The zero-order chi connectivity index (χ0) is 14.2. The average Bonchev–Trinajstić information content (AvgIpc) is 3.14. The molecule has 2 aromatic rings. The van der Waals surface area contributed by atoms with E-state index in [2.05, 4.69) is 26.2 Å². The number of nitrogens with one attached hydrogen (secondary N) is 1. The molecule has 0 radical (unpaired) electrons. The second-order valence-corrected chi connectivity index (χ2v) is 7.02. The summed E-state index contributed by atoms with van der Waals surface area (Å²) in [6.07, 6.45) is 1.85. The quantitative estimate of drug-likeness (QED) is 0.915. The van der Waals surface area contributed by atoms with Gasteiger partial charge in [-0.2, -0.15) is 0 Å². The van der Waals surface area contributed by atoms with Gasteiger partial charge in [-0.25, -0.2) is 4.98 Å². The normalized spacial score (nSPS) is 15.9. The number of hydrogen-bond donors (Lipinski definition) is 1.